The Balaban J connectivity index is 1.22. The maximum absolute atomic E-state index is 6.22. The van der Waals surface area contributed by atoms with Gasteiger partial charge in [0, 0.05) is 36.8 Å². The van der Waals surface area contributed by atoms with Crippen LogP contribution in [0.5, 0.6) is 5.75 Å². The molecule has 9 heteroatoms. The summed E-state index contributed by atoms with van der Waals surface area (Å²) in [5.41, 5.74) is 4.06. The quantitative estimate of drug-likeness (QED) is 0.466. The zero-order valence-electron chi connectivity index (χ0n) is 19.0. The van der Waals surface area contributed by atoms with Gasteiger partial charge in [-0.25, -0.2) is 4.52 Å². The van der Waals surface area contributed by atoms with Crippen LogP contribution < -0.4 is 10.1 Å². The van der Waals surface area contributed by atoms with Crippen molar-refractivity contribution < 1.29 is 4.74 Å². The van der Waals surface area contributed by atoms with Gasteiger partial charge in [0.25, 0.3) is 0 Å². The Morgan fingerprint density at radius 3 is 2.73 bits per heavy atom. The number of ether oxygens (including phenoxy) is 1. The number of hydrogen-bond acceptors (Lipinski definition) is 7. The van der Waals surface area contributed by atoms with E-state index in [-0.39, 0.29) is 0 Å². The molecule has 9 nitrogen and oxygen atoms in total. The summed E-state index contributed by atoms with van der Waals surface area (Å²) in [5, 5.41) is 21.0. The monoisotopic (exact) mass is 444 g/mol. The van der Waals surface area contributed by atoms with E-state index in [1.54, 1.807) is 0 Å². The Morgan fingerprint density at radius 1 is 1.06 bits per heavy atom. The predicted molar refractivity (Wildman–Crippen MR) is 126 cm³/mol. The SMILES string of the molecule is CN1CCC[C@@H]1COc1cnn(C)c1-c1ccn2nc(Nc3ccc(C4CC4)nn3)cc2c1. The molecule has 0 amide bonds. The number of nitrogens with one attached hydrogen (secondary N) is 1. The van der Waals surface area contributed by atoms with Gasteiger partial charge in [-0.15, -0.1) is 5.10 Å². The lowest BCUT2D eigenvalue weighted by molar-refractivity contribution is 0.199. The van der Waals surface area contributed by atoms with Gasteiger partial charge in [-0.2, -0.15) is 15.3 Å². The second-order valence-electron chi connectivity index (χ2n) is 9.13. The standard InChI is InChI=1S/C24H28N8O/c1-30-10-3-4-18(30)15-33-21-14-25-31(2)24(21)17-9-11-32-19(12-17)13-23(29-32)26-22-8-7-20(27-28-22)16-5-6-16/h7-9,11-14,16,18H,3-6,10,15H2,1-2H3,(H,26,28,29)/t18-/m1/s1. The van der Waals surface area contributed by atoms with Crippen molar-refractivity contribution in [3.8, 4) is 17.0 Å². The molecule has 170 valence electrons. The summed E-state index contributed by atoms with van der Waals surface area (Å²) in [5.74, 6) is 2.83. The summed E-state index contributed by atoms with van der Waals surface area (Å²) in [6.07, 6.45) is 8.61. The van der Waals surface area contributed by atoms with Crippen LogP contribution >= 0.6 is 0 Å². The Bertz CT molecular complexity index is 1270. The lowest BCUT2D eigenvalue weighted by atomic mass is 10.1. The highest BCUT2D eigenvalue weighted by Gasteiger charge is 2.25. The molecule has 1 saturated heterocycles. The Hall–Kier alpha value is -3.46. The number of aryl methyl sites for hydroxylation is 1. The number of likely N-dealkylation sites (N-methyl/N-ethyl adjacent to an activating group) is 1. The molecule has 6 rings (SSSR count). The summed E-state index contributed by atoms with van der Waals surface area (Å²) in [6.45, 7) is 1.82. The second-order valence-corrected chi connectivity index (χ2v) is 9.13. The highest BCUT2D eigenvalue weighted by atomic mass is 16.5. The van der Waals surface area contributed by atoms with Gasteiger partial charge >= 0.3 is 0 Å². The molecule has 0 radical (unpaired) electrons. The molecule has 0 bridgehead atoms. The lowest BCUT2D eigenvalue weighted by Gasteiger charge is -2.19. The number of anilines is 2. The average molecular weight is 445 g/mol. The minimum atomic E-state index is 0.463. The van der Waals surface area contributed by atoms with Crippen molar-refractivity contribution in [3.05, 3.63) is 48.4 Å². The van der Waals surface area contributed by atoms with Crippen LogP contribution in [0.4, 0.5) is 11.6 Å². The summed E-state index contributed by atoms with van der Waals surface area (Å²) < 4.78 is 9.94. The third kappa shape index (κ3) is 4.04. The van der Waals surface area contributed by atoms with Crippen LogP contribution in [0.15, 0.2) is 42.7 Å². The van der Waals surface area contributed by atoms with E-state index in [2.05, 4.69) is 43.7 Å². The fraction of sp³-hybridized carbons (Fsp3) is 0.417. The lowest BCUT2D eigenvalue weighted by Crippen LogP contribution is -2.30. The van der Waals surface area contributed by atoms with E-state index in [0.29, 0.717) is 24.4 Å². The molecule has 2 fully saturated rings. The average Bonchev–Trinajstić information content (AvgIpc) is 3.31. The van der Waals surface area contributed by atoms with Crippen molar-refractivity contribution in [3.63, 3.8) is 0 Å². The molecule has 0 spiro atoms. The molecule has 1 aliphatic heterocycles. The molecule has 33 heavy (non-hydrogen) atoms. The van der Waals surface area contributed by atoms with Crippen LogP contribution in [0.2, 0.25) is 0 Å². The first kappa shape index (κ1) is 20.2. The normalized spacial score (nSPS) is 18.8. The zero-order chi connectivity index (χ0) is 22.4. The number of fused-ring (bicyclic) bond motifs is 1. The van der Waals surface area contributed by atoms with Gasteiger partial charge in [-0.05, 0) is 63.5 Å². The highest BCUT2D eigenvalue weighted by Crippen LogP contribution is 2.38. The smallest absolute Gasteiger partial charge is 0.165 e. The number of pyridine rings is 1. The first-order valence-electron chi connectivity index (χ1n) is 11.6. The molecule has 1 saturated carbocycles. The van der Waals surface area contributed by atoms with Gasteiger partial charge in [-0.3, -0.25) is 4.68 Å². The number of likely N-dealkylation sites (tertiary alicyclic amines) is 1. The van der Waals surface area contributed by atoms with Crippen molar-refractivity contribution in [1.82, 2.24) is 34.5 Å². The molecular formula is C24H28N8O. The second kappa shape index (κ2) is 8.15. The van der Waals surface area contributed by atoms with E-state index in [4.69, 9.17) is 4.74 Å². The minimum Gasteiger partial charge on any atom is -0.488 e. The molecule has 4 aromatic heterocycles. The topological polar surface area (TPSA) is 85.4 Å². The Kier molecular flexibility index (Phi) is 4.98. The van der Waals surface area contributed by atoms with Crippen molar-refractivity contribution in [1.29, 1.82) is 0 Å². The zero-order valence-corrected chi connectivity index (χ0v) is 19.0. The molecule has 2 aliphatic rings. The van der Waals surface area contributed by atoms with Crippen molar-refractivity contribution in [2.75, 3.05) is 25.5 Å². The fourth-order valence-electron chi connectivity index (χ4n) is 4.57. The number of nitrogens with zero attached hydrogens (tertiary/aromatic N) is 7. The van der Waals surface area contributed by atoms with Gasteiger partial charge in [0.2, 0.25) is 0 Å². The van der Waals surface area contributed by atoms with Crippen LogP contribution in [-0.2, 0) is 7.05 Å². The number of aromatic nitrogens is 6. The van der Waals surface area contributed by atoms with E-state index in [1.807, 2.05) is 52.9 Å². The number of hydrogen-bond donors (Lipinski definition) is 1. The van der Waals surface area contributed by atoms with Crippen molar-refractivity contribution in [2.45, 2.75) is 37.6 Å². The summed E-state index contributed by atoms with van der Waals surface area (Å²) in [4.78, 5) is 2.37. The van der Waals surface area contributed by atoms with E-state index < -0.39 is 0 Å². The van der Waals surface area contributed by atoms with E-state index in [1.165, 1.54) is 25.7 Å². The maximum atomic E-state index is 6.22. The van der Waals surface area contributed by atoms with Gasteiger partial charge in [0.1, 0.15) is 12.3 Å². The molecule has 5 heterocycles. The van der Waals surface area contributed by atoms with E-state index in [9.17, 15) is 0 Å². The molecule has 1 aliphatic carbocycles. The van der Waals surface area contributed by atoms with Crippen LogP contribution in [-0.4, -0.2) is 60.7 Å². The largest absolute Gasteiger partial charge is 0.488 e. The molecule has 1 atom stereocenters. The predicted octanol–water partition coefficient (Wildman–Crippen LogP) is 3.62. The molecule has 4 aromatic rings. The third-order valence-corrected chi connectivity index (χ3v) is 6.68. The van der Waals surface area contributed by atoms with Crippen molar-refractivity contribution in [2.24, 2.45) is 7.05 Å². The van der Waals surface area contributed by atoms with Crippen LogP contribution in [0, 0.1) is 0 Å². The van der Waals surface area contributed by atoms with Gasteiger partial charge in [0.05, 0.1) is 17.4 Å². The van der Waals surface area contributed by atoms with Crippen LogP contribution in [0.25, 0.3) is 16.8 Å². The molecule has 1 N–H and O–H groups in total. The summed E-state index contributed by atoms with van der Waals surface area (Å²) >= 11 is 0. The molecular weight excluding hydrogens is 416 g/mol. The van der Waals surface area contributed by atoms with Gasteiger partial charge in [-0.1, -0.05) is 0 Å². The first-order valence-corrected chi connectivity index (χ1v) is 11.6. The van der Waals surface area contributed by atoms with E-state index >= 15 is 0 Å². The van der Waals surface area contributed by atoms with Gasteiger partial charge < -0.3 is 15.0 Å². The molecule has 0 aromatic carbocycles. The minimum absolute atomic E-state index is 0.463. The van der Waals surface area contributed by atoms with Crippen LogP contribution in [0.1, 0.15) is 37.3 Å². The fourth-order valence-corrected chi connectivity index (χ4v) is 4.57. The van der Waals surface area contributed by atoms with Crippen molar-refractivity contribution >= 4 is 17.2 Å². The Labute approximate surface area is 192 Å². The maximum Gasteiger partial charge on any atom is 0.165 e. The van der Waals surface area contributed by atoms with Crippen LogP contribution in [0.3, 0.4) is 0 Å². The first-order chi connectivity index (χ1) is 16.1. The Morgan fingerprint density at radius 2 is 1.97 bits per heavy atom. The molecule has 0 unspecified atom stereocenters. The van der Waals surface area contributed by atoms with Gasteiger partial charge in [0.15, 0.2) is 17.4 Å². The summed E-state index contributed by atoms with van der Waals surface area (Å²) in [6, 6.07) is 10.6. The third-order valence-electron chi connectivity index (χ3n) is 6.68. The highest BCUT2D eigenvalue weighted by molar-refractivity contribution is 5.72. The number of rotatable bonds is 7. The summed E-state index contributed by atoms with van der Waals surface area (Å²) in [7, 11) is 4.11. The van der Waals surface area contributed by atoms with E-state index in [0.717, 1.165) is 40.6 Å².